The zero-order valence-corrected chi connectivity index (χ0v) is 15.2. The lowest BCUT2D eigenvalue weighted by atomic mass is 10.2. The molecule has 0 unspecified atom stereocenters. The molecule has 0 spiro atoms. The van der Waals surface area contributed by atoms with E-state index >= 15 is 0 Å². The van der Waals surface area contributed by atoms with Gasteiger partial charge >= 0.3 is 5.97 Å². The molecule has 6 nitrogen and oxygen atoms in total. The summed E-state index contributed by atoms with van der Waals surface area (Å²) in [4.78, 5) is 26.3. The number of hydrogen-bond acceptors (Lipinski definition) is 5. The first-order valence-corrected chi connectivity index (χ1v) is 8.40. The van der Waals surface area contributed by atoms with Crippen LogP contribution >= 0.6 is 11.6 Å². The summed E-state index contributed by atoms with van der Waals surface area (Å²) in [6.07, 6.45) is 0.793. The fraction of sp³-hybridized carbons (Fsp3) is 0.263. The standard InChI is InChI=1S/C19H18ClNO5/c1-24-16-10-13(9-14(20)18(16)25-2)19(23)26-11-17(22)21-8-7-12-5-3-4-6-15(12)21/h3-6,9-10H,7-8,11H2,1-2H3. The van der Waals surface area contributed by atoms with Gasteiger partial charge in [-0.3, -0.25) is 4.79 Å². The van der Waals surface area contributed by atoms with Gasteiger partial charge in [-0.2, -0.15) is 0 Å². The molecule has 2 aromatic carbocycles. The van der Waals surface area contributed by atoms with E-state index < -0.39 is 5.97 Å². The zero-order chi connectivity index (χ0) is 18.7. The number of fused-ring (bicyclic) bond motifs is 1. The molecule has 0 aliphatic carbocycles. The van der Waals surface area contributed by atoms with Gasteiger partial charge in [-0.1, -0.05) is 29.8 Å². The van der Waals surface area contributed by atoms with Crippen LogP contribution in [0.15, 0.2) is 36.4 Å². The highest BCUT2D eigenvalue weighted by Crippen LogP contribution is 2.36. The summed E-state index contributed by atoms with van der Waals surface area (Å²) in [5.41, 5.74) is 2.16. The van der Waals surface area contributed by atoms with Crippen molar-refractivity contribution in [2.45, 2.75) is 6.42 Å². The molecule has 0 saturated carbocycles. The molecule has 0 N–H and O–H groups in total. The maximum atomic E-state index is 12.4. The number of ether oxygens (including phenoxy) is 3. The lowest BCUT2D eigenvalue weighted by Crippen LogP contribution is -2.33. The molecule has 0 saturated heterocycles. The predicted octanol–water partition coefficient (Wildman–Crippen LogP) is 3.10. The topological polar surface area (TPSA) is 65.1 Å². The minimum atomic E-state index is -0.659. The third-order valence-electron chi connectivity index (χ3n) is 4.18. The van der Waals surface area contributed by atoms with E-state index in [9.17, 15) is 9.59 Å². The SMILES string of the molecule is COc1cc(C(=O)OCC(=O)N2CCc3ccccc32)cc(Cl)c1OC. The van der Waals surface area contributed by atoms with Crippen molar-refractivity contribution in [1.29, 1.82) is 0 Å². The zero-order valence-electron chi connectivity index (χ0n) is 14.5. The average Bonchev–Trinajstić information content (AvgIpc) is 3.09. The Kier molecular flexibility index (Phi) is 5.32. The molecule has 1 heterocycles. The molecule has 1 aliphatic heterocycles. The summed E-state index contributed by atoms with van der Waals surface area (Å²) in [5, 5.41) is 0.221. The van der Waals surface area contributed by atoms with Crippen LogP contribution in [0.4, 0.5) is 5.69 Å². The Labute approximate surface area is 156 Å². The van der Waals surface area contributed by atoms with Crippen molar-refractivity contribution >= 4 is 29.2 Å². The maximum absolute atomic E-state index is 12.4. The van der Waals surface area contributed by atoms with Gasteiger partial charge in [0.25, 0.3) is 5.91 Å². The lowest BCUT2D eigenvalue weighted by Gasteiger charge is -2.17. The highest BCUT2D eigenvalue weighted by Gasteiger charge is 2.25. The van der Waals surface area contributed by atoms with Gasteiger partial charge in [0.15, 0.2) is 18.1 Å². The fourth-order valence-electron chi connectivity index (χ4n) is 2.92. The molecule has 26 heavy (non-hydrogen) atoms. The van der Waals surface area contributed by atoms with Gasteiger partial charge in [0.2, 0.25) is 0 Å². The predicted molar refractivity (Wildman–Crippen MR) is 97.3 cm³/mol. The number of carbonyl (C=O) groups excluding carboxylic acids is 2. The molecule has 1 aliphatic rings. The molecule has 0 aromatic heterocycles. The van der Waals surface area contributed by atoms with Gasteiger partial charge in [0, 0.05) is 12.2 Å². The Morgan fingerprint density at radius 1 is 1.15 bits per heavy atom. The van der Waals surface area contributed by atoms with Crippen LogP contribution in [0, 0.1) is 0 Å². The number of carbonyl (C=O) groups is 2. The molecule has 3 rings (SSSR count). The van der Waals surface area contributed by atoms with Gasteiger partial charge in [0.05, 0.1) is 24.8 Å². The van der Waals surface area contributed by atoms with Gasteiger partial charge in [-0.05, 0) is 30.2 Å². The molecule has 0 bridgehead atoms. The summed E-state index contributed by atoms with van der Waals surface area (Å²) in [5.74, 6) is -0.286. The Balaban J connectivity index is 1.68. The number of benzene rings is 2. The molecule has 136 valence electrons. The van der Waals surface area contributed by atoms with Gasteiger partial charge in [-0.15, -0.1) is 0 Å². The Hall–Kier alpha value is -2.73. The van der Waals surface area contributed by atoms with Crippen LogP contribution in [0.2, 0.25) is 5.02 Å². The van der Waals surface area contributed by atoms with Crippen molar-refractivity contribution in [2.24, 2.45) is 0 Å². The van der Waals surface area contributed by atoms with Gasteiger partial charge in [-0.25, -0.2) is 4.79 Å². The highest BCUT2D eigenvalue weighted by molar-refractivity contribution is 6.32. The van der Waals surface area contributed by atoms with Crippen LogP contribution in [0.3, 0.4) is 0 Å². The van der Waals surface area contributed by atoms with E-state index in [1.54, 1.807) is 4.90 Å². The number of methoxy groups -OCH3 is 2. The molecule has 0 radical (unpaired) electrons. The Morgan fingerprint density at radius 2 is 1.92 bits per heavy atom. The molecule has 0 atom stereocenters. The molecule has 1 amide bonds. The van der Waals surface area contributed by atoms with E-state index in [4.69, 9.17) is 25.8 Å². The van der Waals surface area contributed by atoms with Crippen molar-refractivity contribution in [2.75, 3.05) is 32.3 Å². The Morgan fingerprint density at radius 3 is 2.65 bits per heavy atom. The van der Waals surface area contributed by atoms with Crippen LogP contribution in [0.1, 0.15) is 15.9 Å². The van der Waals surface area contributed by atoms with Crippen molar-refractivity contribution in [3.63, 3.8) is 0 Å². The first-order chi connectivity index (χ1) is 12.5. The fourth-order valence-corrected chi connectivity index (χ4v) is 3.21. The third kappa shape index (κ3) is 3.46. The van der Waals surface area contributed by atoms with E-state index in [0.717, 1.165) is 17.7 Å². The second kappa shape index (κ2) is 7.66. The van der Waals surface area contributed by atoms with Crippen LogP contribution in [0.5, 0.6) is 11.5 Å². The van der Waals surface area contributed by atoms with Crippen LogP contribution in [-0.2, 0) is 16.0 Å². The number of hydrogen-bond donors (Lipinski definition) is 0. The molecule has 7 heteroatoms. The van der Waals surface area contributed by atoms with E-state index in [2.05, 4.69) is 0 Å². The number of esters is 1. The van der Waals surface area contributed by atoms with Crippen LogP contribution in [-0.4, -0.2) is 39.2 Å². The highest BCUT2D eigenvalue weighted by atomic mass is 35.5. The van der Waals surface area contributed by atoms with Crippen molar-refractivity contribution < 1.29 is 23.8 Å². The van der Waals surface area contributed by atoms with E-state index in [1.807, 2.05) is 24.3 Å². The number of nitrogens with zero attached hydrogens (tertiary/aromatic N) is 1. The lowest BCUT2D eigenvalue weighted by molar-refractivity contribution is -0.121. The number of amides is 1. The number of para-hydroxylation sites is 1. The van der Waals surface area contributed by atoms with Gasteiger partial charge < -0.3 is 19.1 Å². The summed E-state index contributed by atoms with van der Waals surface area (Å²) in [6, 6.07) is 10.6. The average molecular weight is 376 g/mol. The third-order valence-corrected chi connectivity index (χ3v) is 4.46. The minimum absolute atomic E-state index is 0.183. The monoisotopic (exact) mass is 375 g/mol. The first kappa shape index (κ1) is 18.1. The molecule has 0 fully saturated rings. The van der Waals surface area contributed by atoms with Crippen molar-refractivity contribution in [3.05, 3.63) is 52.5 Å². The quantitative estimate of drug-likeness (QED) is 0.751. The van der Waals surface area contributed by atoms with E-state index in [0.29, 0.717) is 18.0 Å². The molecule has 2 aromatic rings. The number of anilines is 1. The number of halogens is 1. The molecular formula is C19H18ClNO5. The maximum Gasteiger partial charge on any atom is 0.338 e. The minimum Gasteiger partial charge on any atom is -0.493 e. The van der Waals surface area contributed by atoms with Crippen molar-refractivity contribution in [1.82, 2.24) is 0 Å². The molecular weight excluding hydrogens is 358 g/mol. The second-order valence-electron chi connectivity index (χ2n) is 5.69. The van der Waals surface area contributed by atoms with E-state index in [1.165, 1.54) is 26.4 Å². The van der Waals surface area contributed by atoms with Crippen LogP contribution < -0.4 is 14.4 Å². The first-order valence-electron chi connectivity index (χ1n) is 8.02. The summed E-state index contributed by atoms with van der Waals surface area (Å²) in [6.45, 7) is 0.233. The largest absolute Gasteiger partial charge is 0.493 e. The summed E-state index contributed by atoms with van der Waals surface area (Å²) in [7, 11) is 2.89. The van der Waals surface area contributed by atoms with Crippen LogP contribution in [0.25, 0.3) is 0 Å². The normalized spacial score (nSPS) is 12.5. The second-order valence-corrected chi connectivity index (χ2v) is 6.10. The number of rotatable bonds is 5. The summed E-state index contributed by atoms with van der Waals surface area (Å²) < 4.78 is 15.5. The Bertz CT molecular complexity index is 852. The van der Waals surface area contributed by atoms with E-state index in [-0.39, 0.29) is 23.1 Å². The van der Waals surface area contributed by atoms with Gasteiger partial charge in [0.1, 0.15) is 0 Å². The van der Waals surface area contributed by atoms with Crippen molar-refractivity contribution in [3.8, 4) is 11.5 Å². The smallest absolute Gasteiger partial charge is 0.338 e. The summed E-state index contributed by atoms with van der Waals surface area (Å²) >= 11 is 6.09.